The molecule has 4 nitrogen and oxygen atoms in total. The molecule has 0 aliphatic heterocycles. The molecular weight excluding hydrogens is 116 g/mol. The van der Waals surface area contributed by atoms with Gasteiger partial charge in [0.2, 0.25) is 0 Å². The quantitative estimate of drug-likeness (QED) is 0.415. The van der Waals surface area contributed by atoms with Crippen LogP contribution in [0.5, 0.6) is 0 Å². The average molecular weight is 129 g/mol. The van der Waals surface area contributed by atoms with Gasteiger partial charge in [-0.15, -0.1) is 0 Å². The molecule has 0 rings (SSSR count). The summed E-state index contributed by atoms with van der Waals surface area (Å²) in [5.41, 5.74) is 3.94. The molecule has 0 bridgehead atoms. The lowest BCUT2D eigenvalue weighted by Gasteiger charge is -2.36. The highest BCUT2D eigenvalue weighted by Gasteiger charge is 1.73. The Morgan fingerprint density at radius 3 is 2.22 bits per heavy atom. The predicted molar refractivity (Wildman–Crippen MR) is 39.0 cm³/mol. The molecule has 0 radical (unpaired) electrons. The molecule has 0 aliphatic carbocycles. The number of hydrogen-bond acceptors (Lipinski definition) is 3. The van der Waals surface area contributed by atoms with Crippen LogP contribution in [0.25, 0.3) is 5.53 Å². The van der Waals surface area contributed by atoms with Gasteiger partial charge in [-0.1, -0.05) is 0 Å². The molecule has 0 fully saturated rings. The van der Waals surface area contributed by atoms with E-state index in [4.69, 9.17) is 0 Å². The van der Waals surface area contributed by atoms with E-state index in [2.05, 4.69) is 10.6 Å². The minimum absolute atomic E-state index is 1.50. The van der Waals surface area contributed by atoms with Crippen LogP contribution in [0.4, 0.5) is 0 Å². The van der Waals surface area contributed by atoms with Crippen molar-refractivity contribution in [3.05, 3.63) is 5.53 Å². The third-order valence-electron chi connectivity index (χ3n) is 0.591. The van der Waals surface area contributed by atoms with Gasteiger partial charge in [-0.3, -0.25) is 0 Å². The third-order valence-corrected chi connectivity index (χ3v) is 0.591. The fourth-order valence-electron chi connectivity index (χ4n) is 0.449. The minimum atomic E-state index is 1.50. The molecule has 0 amide bonds. The summed E-state index contributed by atoms with van der Waals surface area (Å²) in [6.45, 7) is 1.85. The summed E-state index contributed by atoms with van der Waals surface area (Å²) >= 11 is 0. The zero-order valence-electron chi connectivity index (χ0n) is 6.37. The summed E-state index contributed by atoms with van der Waals surface area (Å²) in [5, 5.41) is 7.05. The first kappa shape index (κ1) is 8.39. The molecule has 0 aliphatic rings. The maximum Gasteiger partial charge on any atom is 0.0198 e. The minimum Gasteiger partial charge on any atom is -0.483 e. The lowest BCUT2D eigenvalue weighted by Crippen LogP contribution is -2.15. The first-order valence-corrected chi connectivity index (χ1v) is 2.78. The van der Waals surface area contributed by atoms with Crippen molar-refractivity contribution in [2.75, 3.05) is 21.1 Å². The van der Waals surface area contributed by atoms with Crippen LogP contribution < -0.4 is 0 Å². The van der Waals surface area contributed by atoms with E-state index >= 15 is 0 Å². The van der Waals surface area contributed by atoms with E-state index in [0.29, 0.717) is 0 Å². The number of hydrazone groups is 1. The fraction of sp³-hybridized carbons (Fsp3) is 0.800. The van der Waals surface area contributed by atoms with Crippen LogP contribution in [0.15, 0.2) is 5.10 Å². The Morgan fingerprint density at radius 1 is 1.33 bits per heavy atom. The molecule has 54 valence electrons. The first-order valence-electron chi connectivity index (χ1n) is 2.78. The van der Waals surface area contributed by atoms with E-state index in [0.717, 1.165) is 0 Å². The Hall–Kier alpha value is -0.610. The second kappa shape index (κ2) is 4.29. The Morgan fingerprint density at radius 2 is 1.89 bits per heavy atom. The molecule has 0 aromatic rings. The van der Waals surface area contributed by atoms with Crippen molar-refractivity contribution in [1.29, 1.82) is 0 Å². The molecule has 0 aromatic carbocycles. The Kier molecular flexibility index (Phi) is 4.00. The van der Waals surface area contributed by atoms with Gasteiger partial charge in [0.05, 0.1) is 0 Å². The van der Waals surface area contributed by atoms with E-state index in [1.165, 1.54) is 5.12 Å². The molecule has 4 heteroatoms. The number of rotatable bonds is 3. The summed E-state index contributed by atoms with van der Waals surface area (Å²) in [5.74, 6) is 0. The lowest BCUT2D eigenvalue weighted by atomic mass is 10.9. The molecule has 0 heterocycles. The Labute approximate surface area is 56.1 Å². The van der Waals surface area contributed by atoms with Gasteiger partial charge in [0.15, 0.2) is 0 Å². The van der Waals surface area contributed by atoms with Crippen LogP contribution in [-0.4, -0.2) is 37.5 Å². The van der Waals surface area contributed by atoms with Gasteiger partial charge in [0.1, 0.15) is 0 Å². The SMILES string of the molecule is C/C=N/N(C)[N-]N(C)C. The maximum absolute atomic E-state index is 3.94. The Balaban J connectivity index is 3.38. The van der Waals surface area contributed by atoms with Crippen molar-refractivity contribution in [2.45, 2.75) is 6.92 Å². The molecule has 0 N–H and O–H groups in total. The van der Waals surface area contributed by atoms with E-state index in [1.54, 1.807) is 18.3 Å². The monoisotopic (exact) mass is 129 g/mol. The summed E-state index contributed by atoms with van der Waals surface area (Å²) in [6.07, 6.45) is 1.69. The normalized spacial score (nSPS) is 11.2. The van der Waals surface area contributed by atoms with E-state index in [9.17, 15) is 0 Å². The summed E-state index contributed by atoms with van der Waals surface area (Å²) in [7, 11) is 5.48. The third kappa shape index (κ3) is 5.26. The fourth-order valence-corrected chi connectivity index (χ4v) is 0.449. The molecule has 9 heavy (non-hydrogen) atoms. The van der Waals surface area contributed by atoms with Gasteiger partial charge in [-0.2, -0.15) is 0 Å². The van der Waals surface area contributed by atoms with Crippen molar-refractivity contribution in [3.8, 4) is 0 Å². The number of nitrogens with zero attached hydrogens (tertiary/aromatic N) is 4. The van der Waals surface area contributed by atoms with Crippen LogP contribution in [0.3, 0.4) is 0 Å². The van der Waals surface area contributed by atoms with E-state index in [1.807, 2.05) is 21.0 Å². The largest absolute Gasteiger partial charge is 0.483 e. The van der Waals surface area contributed by atoms with E-state index in [-0.39, 0.29) is 0 Å². The van der Waals surface area contributed by atoms with Crippen molar-refractivity contribution in [1.82, 2.24) is 10.1 Å². The number of hydrogen-bond donors (Lipinski definition) is 0. The molecule has 0 saturated carbocycles. The molecule has 0 atom stereocenters. The zero-order valence-corrected chi connectivity index (χ0v) is 6.37. The van der Waals surface area contributed by atoms with Gasteiger partial charge >= 0.3 is 0 Å². The first-order chi connectivity index (χ1) is 4.16. The van der Waals surface area contributed by atoms with Crippen molar-refractivity contribution >= 4 is 6.21 Å². The molecule has 0 spiro atoms. The molecule has 0 unspecified atom stereocenters. The second-order valence-electron chi connectivity index (χ2n) is 1.80. The van der Waals surface area contributed by atoms with E-state index < -0.39 is 0 Å². The van der Waals surface area contributed by atoms with Gasteiger partial charge in [0, 0.05) is 13.3 Å². The van der Waals surface area contributed by atoms with Gasteiger partial charge < -0.3 is 15.7 Å². The summed E-state index contributed by atoms with van der Waals surface area (Å²) < 4.78 is 0. The smallest absolute Gasteiger partial charge is 0.0198 e. The summed E-state index contributed by atoms with van der Waals surface area (Å²) in [6, 6.07) is 0. The van der Waals surface area contributed by atoms with Gasteiger partial charge in [0.25, 0.3) is 0 Å². The highest BCUT2D eigenvalue weighted by molar-refractivity contribution is 5.52. The highest BCUT2D eigenvalue weighted by atomic mass is 15.8. The van der Waals surface area contributed by atoms with Crippen LogP contribution in [0.2, 0.25) is 0 Å². The van der Waals surface area contributed by atoms with Crippen molar-refractivity contribution in [2.24, 2.45) is 5.10 Å². The second-order valence-corrected chi connectivity index (χ2v) is 1.80. The predicted octanol–water partition coefficient (Wildman–Crippen LogP) is 0.689. The van der Waals surface area contributed by atoms with Gasteiger partial charge in [-0.05, 0) is 21.0 Å². The standard InChI is InChI=1S/C5H13N4/c1-5-6-9(4)7-8(2)3/h5H,1-4H3/q-1/b6-5+. The van der Waals surface area contributed by atoms with Crippen LogP contribution in [0, 0.1) is 0 Å². The van der Waals surface area contributed by atoms with Gasteiger partial charge in [-0.25, -0.2) is 5.10 Å². The Bertz CT molecular complexity index is 89.0. The zero-order chi connectivity index (χ0) is 7.28. The maximum atomic E-state index is 3.94. The van der Waals surface area contributed by atoms with Crippen molar-refractivity contribution < 1.29 is 0 Å². The lowest BCUT2D eigenvalue weighted by molar-refractivity contribution is 0.315. The van der Waals surface area contributed by atoms with Crippen molar-refractivity contribution in [3.63, 3.8) is 0 Å². The van der Waals surface area contributed by atoms with Crippen LogP contribution in [-0.2, 0) is 0 Å². The summed E-state index contributed by atoms with van der Waals surface area (Å²) in [4.78, 5) is 0. The van der Waals surface area contributed by atoms with Crippen LogP contribution >= 0.6 is 0 Å². The molecule has 0 saturated heterocycles. The topological polar surface area (TPSA) is 32.9 Å². The molecule has 0 aromatic heterocycles. The van der Waals surface area contributed by atoms with Crippen LogP contribution in [0.1, 0.15) is 6.92 Å². The average Bonchev–Trinajstić information content (AvgIpc) is 1.63. The highest BCUT2D eigenvalue weighted by Crippen LogP contribution is 1.95. The molecular formula is C5H13N4-.